The molecule has 0 heterocycles. The van der Waals surface area contributed by atoms with Gasteiger partial charge in [-0.2, -0.15) is 4.89 Å². The molecule has 0 aromatic rings. The average molecular weight is 214 g/mol. The summed E-state index contributed by atoms with van der Waals surface area (Å²) < 4.78 is 0. The lowest BCUT2D eigenvalue weighted by Gasteiger charge is -2.17. The predicted molar refractivity (Wildman–Crippen MR) is 54.8 cm³/mol. The van der Waals surface area contributed by atoms with Gasteiger partial charge in [0.15, 0.2) is 6.10 Å². The fourth-order valence-electron chi connectivity index (χ4n) is 1.80. The molecule has 1 saturated carbocycles. The Kier molecular flexibility index (Phi) is 5.36. The van der Waals surface area contributed by atoms with Gasteiger partial charge < -0.3 is 5.11 Å². The lowest BCUT2D eigenvalue weighted by atomic mass is 9.89. The van der Waals surface area contributed by atoms with Gasteiger partial charge >= 0.3 is 5.97 Å². The second-order valence-corrected chi connectivity index (χ2v) is 3.80. The Bertz CT molecular complexity index is 219. The number of rotatable bonds is 4. The summed E-state index contributed by atoms with van der Waals surface area (Å²) in [5.74, 6) is -0.284. The molecule has 0 aliphatic heterocycles. The van der Waals surface area contributed by atoms with Gasteiger partial charge in [0.05, 0.1) is 7.11 Å². The van der Waals surface area contributed by atoms with Gasteiger partial charge in [0.25, 0.3) is 0 Å². The van der Waals surface area contributed by atoms with Crippen LogP contribution in [0, 0.1) is 5.92 Å². The number of hydrogen-bond acceptors (Lipinski definition) is 4. The molecule has 1 atom stereocenters. The molecule has 1 fully saturated rings. The van der Waals surface area contributed by atoms with Crippen molar-refractivity contribution in [2.45, 2.75) is 38.2 Å². The van der Waals surface area contributed by atoms with Gasteiger partial charge in [-0.3, -0.25) is 4.89 Å². The molecule has 86 valence electrons. The maximum absolute atomic E-state index is 11.0. The zero-order valence-electron chi connectivity index (χ0n) is 9.02. The zero-order valence-corrected chi connectivity index (χ0v) is 9.02. The van der Waals surface area contributed by atoms with E-state index in [9.17, 15) is 9.90 Å². The van der Waals surface area contributed by atoms with E-state index in [1.165, 1.54) is 32.4 Å². The number of aliphatic hydroxyl groups is 1. The summed E-state index contributed by atoms with van der Waals surface area (Å²) in [4.78, 5) is 19.3. The smallest absolute Gasteiger partial charge is 0.374 e. The van der Waals surface area contributed by atoms with Crippen molar-refractivity contribution in [2.75, 3.05) is 7.11 Å². The van der Waals surface area contributed by atoms with Crippen molar-refractivity contribution in [3.8, 4) is 0 Å². The quantitative estimate of drug-likeness (QED) is 0.438. The lowest BCUT2D eigenvalue weighted by Crippen LogP contribution is -2.20. The molecule has 15 heavy (non-hydrogen) atoms. The van der Waals surface area contributed by atoms with E-state index < -0.39 is 12.1 Å². The van der Waals surface area contributed by atoms with Crippen molar-refractivity contribution in [1.82, 2.24) is 0 Å². The highest BCUT2D eigenvalue weighted by Crippen LogP contribution is 2.24. The fraction of sp³-hybridized carbons (Fsp3) is 0.727. The molecule has 0 aromatic carbocycles. The predicted octanol–water partition coefficient (Wildman–Crippen LogP) is 1.59. The first-order valence-corrected chi connectivity index (χ1v) is 5.35. The first-order valence-electron chi connectivity index (χ1n) is 5.35. The molecular formula is C11H18O4. The van der Waals surface area contributed by atoms with Crippen molar-refractivity contribution >= 4 is 5.97 Å². The number of hydrogen-bond donors (Lipinski definition) is 1. The van der Waals surface area contributed by atoms with E-state index in [4.69, 9.17) is 0 Å². The van der Waals surface area contributed by atoms with Crippen LogP contribution in [0.25, 0.3) is 0 Å². The molecule has 1 aliphatic rings. The van der Waals surface area contributed by atoms with E-state index >= 15 is 0 Å². The Morgan fingerprint density at radius 1 is 1.40 bits per heavy atom. The highest BCUT2D eigenvalue weighted by atomic mass is 17.2. The summed E-state index contributed by atoms with van der Waals surface area (Å²) in [5, 5.41) is 9.34. The minimum absolute atomic E-state index is 0.490. The van der Waals surface area contributed by atoms with Gasteiger partial charge in [-0.05, 0) is 24.8 Å². The topological polar surface area (TPSA) is 55.8 Å². The molecule has 0 spiro atoms. The van der Waals surface area contributed by atoms with Crippen LogP contribution < -0.4 is 0 Å². The number of allylic oxidation sites excluding steroid dienone is 1. The Balaban J connectivity index is 2.31. The largest absolute Gasteiger partial charge is 0.377 e. The maximum Gasteiger partial charge on any atom is 0.374 e. The van der Waals surface area contributed by atoms with E-state index in [1.807, 2.05) is 6.08 Å². The molecule has 4 nitrogen and oxygen atoms in total. The van der Waals surface area contributed by atoms with E-state index in [0.717, 1.165) is 12.8 Å². The van der Waals surface area contributed by atoms with E-state index in [1.54, 1.807) is 0 Å². The van der Waals surface area contributed by atoms with Crippen LogP contribution in [-0.2, 0) is 14.6 Å². The summed E-state index contributed by atoms with van der Waals surface area (Å²) in [6.45, 7) is 0. The van der Waals surface area contributed by atoms with Crippen molar-refractivity contribution in [1.29, 1.82) is 0 Å². The third-order valence-electron chi connectivity index (χ3n) is 2.62. The Morgan fingerprint density at radius 3 is 2.67 bits per heavy atom. The fourth-order valence-corrected chi connectivity index (χ4v) is 1.80. The molecule has 4 heteroatoms. The minimum atomic E-state index is -1.22. The Labute approximate surface area is 89.8 Å². The molecule has 0 saturated heterocycles. The third kappa shape index (κ3) is 4.44. The third-order valence-corrected chi connectivity index (χ3v) is 2.62. The van der Waals surface area contributed by atoms with Gasteiger partial charge in [0.1, 0.15) is 0 Å². The molecular weight excluding hydrogens is 196 g/mol. The minimum Gasteiger partial charge on any atom is -0.377 e. The standard InChI is InChI=1S/C11H18O4/c1-14-15-11(13)10(12)8-7-9-5-3-2-4-6-9/h7-10,12H,2-6H2,1H3/b8-7+/t10-/m0/s1. The SMILES string of the molecule is COOC(=O)[C@@H](O)/C=C/C1CCCCC1. The zero-order chi connectivity index (χ0) is 11.1. The number of carbonyl (C=O) groups is 1. The summed E-state index contributed by atoms with van der Waals surface area (Å²) in [6, 6.07) is 0. The Morgan fingerprint density at radius 2 is 2.07 bits per heavy atom. The number of aliphatic hydroxyl groups excluding tert-OH is 1. The van der Waals surface area contributed by atoms with Crippen LogP contribution in [0.3, 0.4) is 0 Å². The first-order chi connectivity index (χ1) is 7.24. The first kappa shape index (κ1) is 12.2. The van der Waals surface area contributed by atoms with E-state index in [0.29, 0.717) is 5.92 Å². The van der Waals surface area contributed by atoms with Crippen molar-refractivity contribution in [3.05, 3.63) is 12.2 Å². The van der Waals surface area contributed by atoms with Gasteiger partial charge in [-0.1, -0.05) is 25.3 Å². The highest BCUT2D eigenvalue weighted by molar-refractivity contribution is 5.75. The van der Waals surface area contributed by atoms with E-state index in [2.05, 4.69) is 9.78 Å². The average Bonchev–Trinajstić information content (AvgIpc) is 2.27. The van der Waals surface area contributed by atoms with Crippen LogP contribution in [0.5, 0.6) is 0 Å². The molecule has 0 unspecified atom stereocenters. The van der Waals surface area contributed by atoms with Crippen LogP contribution in [0.1, 0.15) is 32.1 Å². The lowest BCUT2D eigenvalue weighted by molar-refractivity contribution is -0.260. The van der Waals surface area contributed by atoms with Gasteiger partial charge in [0, 0.05) is 0 Å². The van der Waals surface area contributed by atoms with Crippen molar-refractivity contribution in [2.24, 2.45) is 5.92 Å². The van der Waals surface area contributed by atoms with Gasteiger partial charge in [-0.25, -0.2) is 4.79 Å². The van der Waals surface area contributed by atoms with Crippen LogP contribution in [-0.4, -0.2) is 24.3 Å². The molecule has 0 amide bonds. The normalized spacial score (nSPS) is 20.4. The van der Waals surface area contributed by atoms with E-state index in [-0.39, 0.29) is 0 Å². The second-order valence-electron chi connectivity index (χ2n) is 3.80. The van der Waals surface area contributed by atoms with Gasteiger partial charge in [-0.15, -0.1) is 0 Å². The molecule has 1 rings (SSSR count). The molecule has 1 aliphatic carbocycles. The highest BCUT2D eigenvalue weighted by Gasteiger charge is 2.15. The summed E-state index contributed by atoms with van der Waals surface area (Å²) in [7, 11) is 1.23. The van der Waals surface area contributed by atoms with Crippen LogP contribution in [0.2, 0.25) is 0 Å². The molecule has 0 radical (unpaired) electrons. The summed E-state index contributed by atoms with van der Waals surface area (Å²) >= 11 is 0. The molecule has 1 N–H and O–H groups in total. The van der Waals surface area contributed by atoms with Gasteiger partial charge in [0.2, 0.25) is 0 Å². The van der Waals surface area contributed by atoms with Crippen LogP contribution >= 0.6 is 0 Å². The summed E-state index contributed by atoms with van der Waals surface area (Å²) in [5.41, 5.74) is 0. The second kappa shape index (κ2) is 6.58. The number of carbonyl (C=O) groups excluding carboxylic acids is 1. The maximum atomic E-state index is 11.0. The van der Waals surface area contributed by atoms with Crippen molar-refractivity contribution in [3.63, 3.8) is 0 Å². The van der Waals surface area contributed by atoms with Crippen molar-refractivity contribution < 1.29 is 19.7 Å². The Hall–Kier alpha value is -0.870. The van der Waals surface area contributed by atoms with Crippen LogP contribution in [0.15, 0.2) is 12.2 Å². The molecule has 0 bridgehead atoms. The monoisotopic (exact) mass is 214 g/mol. The van der Waals surface area contributed by atoms with Crippen LogP contribution in [0.4, 0.5) is 0 Å². The summed E-state index contributed by atoms with van der Waals surface area (Å²) in [6.07, 6.45) is 8.20. The molecule has 0 aromatic heterocycles.